The van der Waals surface area contributed by atoms with Crippen LogP contribution in [0.5, 0.6) is 11.5 Å². The summed E-state index contributed by atoms with van der Waals surface area (Å²) in [6.07, 6.45) is 5.63. The average molecular weight is 600 g/mol. The molecule has 4 atom stereocenters. The highest BCUT2D eigenvalue weighted by molar-refractivity contribution is 5.86. The fraction of sp³-hybridized carbons (Fsp3) is 0.636. The summed E-state index contributed by atoms with van der Waals surface area (Å²) in [7, 11) is 1.56. The molecule has 1 aliphatic carbocycles. The van der Waals surface area contributed by atoms with Crippen LogP contribution >= 0.6 is 0 Å². The van der Waals surface area contributed by atoms with Gasteiger partial charge in [-0.15, -0.1) is 0 Å². The first kappa shape index (κ1) is 31.3. The summed E-state index contributed by atoms with van der Waals surface area (Å²) in [6.45, 7) is 9.03. The first-order valence-electron chi connectivity index (χ1n) is 15.2. The second kappa shape index (κ2) is 12.1. The summed E-state index contributed by atoms with van der Waals surface area (Å²) in [4.78, 5) is 29.3. The molecule has 43 heavy (non-hydrogen) atoms. The highest BCUT2D eigenvalue weighted by Gasteiger charge is 2.59. The molecule has 0 radical (unpaired) electrons. The Morgan fingerprint density at radius 2 is 1.88 bits per heavy atom. The smallest absolute Gasteiger partial charge is 0.339 e. The van der Waals surface area contributed by atoms with E-state index < -0.39 is 41.2 Å². The largest absolute Gasteiger partial charge is 0.497 e. The predicted molar refractivity (Wildman–Crippen MR) is 158 cm³/mol. The Balaban J connectivity index is 1.46. The van der Waals surface area contributed by atoms with Crippen molar-refractivity contribution in [1.29, 1.82) is 0 Å². The maximum absolute atomic E-state index is 14.0. The summed E-state index contributed by atoms with van der Waals surface area (Å²) in [5.74, 6) is -0.0665. The van der Waals surface area contributed by atoms with Gasteiger partial charge in [0.2, 0.25) is 6.79 Å². The van der Waals surface area contributed by atoms with Gasteiger partial charge in [-0.25, -0.2) is 4.79 Å². The molecule has 3 aliphatic heterocycles. The van der Waals surface area contributed by atoms with Crippen LogP contribution in [0, 0.1) is 0 Å². The Hall–Kier alpha value is -3.08. The van der Waals surface area contributed by atoms with Gasteiger partial charge in [0.25, 0.3) is 0 Å². The summed E-state index contributed by atoms with van der Waals surface area (Å²) in [5, 5.41) is 22.0. The number of hydrogen-bond acceptors (Lipinski definition) is 10. The van der Waals surface area contributed by atoms with Crippen molar-refractivity contribution in [3.05, 3.63) is 46.7 Å². The Labute approximate surface area is 253 Å². The zero-order valence-electron chi connectivity index (χ0n) is 25.9. The number of nitrogens with zero attached hydrogens (tertiary/aromatic N) is 1. The summed E-state index contributed by atoms with van der Waals surface area (Å²) in [5.41, 5.74) is -0.508. The lowest BCUT2D eigenvalue weighted by Crippen LogP contribution is -2.49. The SMILES string of the molecule is COC1=CC23CCCN2CCc2cc4c(cc2C3C1OC(=O)C(O)(CCCC(C)(C)O)CC(=O)OCC=C(C)C)OCO4. The molecule has 10 heteroatoms. The van der Waals surface area contributed by atoms with Crippen molar-refractivity contribution in [3.8, 4) is 11.5 Å². The van der Waals surface area contributed by atoms with E-state index in [0.717, 1.165) is 49.1 Å². The molecule has 1 spiro atoms. The van der Waals surface area contributed by atoms with E-state index in [4.69, 9.17) is 23.7 Å². The zero-order valence-corrected chi connectivity index (χ0v) is 25.9. The number of aliphatic hydroxyl groups is 2. The number of esters is 2. The minimum Gasteiger partial charge on any atom is -0.497 e. The van der Waals surface area contributed by atoms with E-state index in [0.29, 0.717) is 30.1 Å². The average Bonchev–Trinajstić information content (AvgIpc) is 3.61. The van der Waals surface area contributed by atoms with E-state index in [1.807, 2.05) is 26.0 Å². The Morgan fingerprint density at radius 1 is 1.14 bits per heavy atom. The van der Waals surface area contributed by atoms with Gasteiger partial charge in [-0.2, -0.15) is 0 Å². The third kappa shape index (κ3) is 6.42. The molecular weight excluding hydrogens is 554 g/mol. The van der Waals surface area contributed by atoms with E-state index in [9.17, 15) is 19.8 Å². The van der Waals surface area contributed by atoms with Crippen LogP contribution in [0.25, 0.3) is 0 Å². The molecule has 10 nitrogen and oxygen atoms in total. The van der Waals surface area contributed by atoms with Gasteiger partial charge in [-0.1, -0.05) is 5.57 Å². The molecule has 4 unspecified atom stereocenters. The number of methoxy groups -OCH3 is 1. The fourth-order valence-corrected chi connectivity index (χ4v) is 6.99. The Bertz CT molecular complexity index is 1290. The minimum atomic E-state index is -2.15. The lowest BCUT2D eigenvalue weighted by molar-refractivity contribution is -0.179. The molecule has 0 bridgehead atoms. The van der Waals surface area contributed by atoms with E-state index >= 15 is 0 Å². The molecule has 5 rings (SSSR count). The highest BCUT2D eigenvalue weighted by Crippen LogP contribution is 2.55. The third-order valence-electron chi connectivity index (χ3n) is 9.13. The predicted octanol–water partition coefficient (Wildman–Crippen LogP) is 3.92. The van der Waals surface area contributed by atoms with Crippen molar-refractivity contribution in [3.63, 3.8) is 0 Å². The van der Waals surface area contributed by atoms with Crippen LogP contribution in [-0.2, 0) is 30.2 Å². The van der Waals surface area contributed by atoms with E-state index in [-0.39, 0.29) is 25.7 Å². The standard InChI is InChI=1S/C33H45NO9/c1-21(2)9-15-40-27(35)19-33(38,12-6-10-31(3,4)37)30(36)43-29-26(39-5)18-32-11-7-13-34(32)14-8-22-16-24-25(42-20-41-24)17-23(22)28(29)32/h9,16-18,28-29,37-38H,6-8,10-15,19-20H2,1-5H3. The van der Waals surface area contributed by atoms with E-state index in [1.54, 1.807) is 27.0 Å². The number of fused-ring (bicyclic) bond motifs is 3. The van der Waals surface area contributed by atoms with Crippen molar-refractivity contribution in [2.24, 2.45) is 0 Å². The van der Waals surface area contributed by atoms with Crippen molar-refractivity contribution in [2.45, 2.75) is 101 Å². The van der Waals surface area contributed by atoms with Gasteiger partial charge in [-0.05, 0) is 108 Å². The molecular formula is C33H45NO9. The van der Waals surface area contributed by atoms with Gasteiger partial charge in [0.15, 0.2) is 23.2 Å². The second-order valence-electron chi connectivity index (χ2n) is 13.1. The number of hydrogen-bond donors (Lipinski definition) is 2. The number of ether oxygens (including phenoxy) is 5. The van der Waals surface area contributed by atoms with Crippen molar-refractivity contribution in [1.82, 2.24) is 4.90 Å². The van der Waals surface area contributed by atoms with Crippen LogP contribution in [0.1, 0.15) is 83.3 Å². The maximum atomic E-state index is 14.0. The van der Waals surface area contributed by atoms with Crippen molar-refractivity contribution < 1.29 is 43.5 Å². The van der Waals surface area contributed by atoms with Gasteiger partial charge in [0.1, 0.15) is 12.4 Å². The molecule has 0 saturated carbocycles. The summed E-state index contributed by atoms with van der Waals surface area (Å²) >= 11 is 0. The minimum absolute atomic E-state index is 0.0441. The lowest BCUT2D eigenvalue weighted by Gasteiger charge is -2.39. The first-order valence-corrected chi connectivity index (χ1v) is 15.2. The molecule has 1 aromatic carbocycles. The molecule has 0 aromatic heterocycles. The molecule has 1 saturated heterocycles. The second-order valence-corrected chi connectivity index (χ2v) is 13.1. The Morgan fingerprint density at radius 3 is 2.58 bits per heavy atom. The summed E-state index contributed by atoms with van der Waals surface area (Å²) in [6, 6.07) is 4.02. The molecule has 2 N–H and O–H groups in total. The van der Waals surface area contributed by atoms with Crippen LogP contribution in [0.2, 0.25) is 0 Å². The molecule has 1 fully saturated rings. The van der Waals surface area contributed by atoms with Gasteiger partial charge in [0.05, 0.1) is 30.6 Å². The van der Waals surface area contributed by atoms with Crippen LogP contribution < -0.4 is 9.47 Å². The fourth-order valence-electron chi connectivity index (χ4n) is 6.99. The number of carbonyl (C=O) groups excluding carboxylic acids is 2. The molecule has 4 aliphatic rings. The van der Waals surface area contributed by atoms with Crippen LogP contribution in [-0.4, -0.2) is 83.5 Å². The van der Waals surface area contributed by atoms with Crippen molar-refractivity contribution in [2.75, 3.05) is 33.6 Å². The van der Waals surface area contributed by atoms with Gasteiger partial charge < -0.3 is 33.9 Å². The molecule has 0 amide bonds. The van der Waals surface area contributed by atoms with E-state index in [1.165, 1.54) is 0 Å². The maximum Gasteiger partial charge on any atom is 0.339 e. The monoisotopic (exact) mass is 599 g/mol. The van der Waals surface area contributed by atoms with Gasteiger partial charge in [0, 0.05) is 6.54 Å². The van der Waals surface area contributed by atoms with Crippen LogP contribution in [0.15, 0.2) is 35.6 Å². The van der Waals surface area contributed by atoms with Crippen LogP contribution in [0.4, 0.5) is 0 Å². The molecule has 3 heterocycles. The lowest BCUT2D eigenvalue weighted by atomic mass is 9.77. The van der Waals surface area contributed by atoms with Crippen molar-refractivity contribution >= 4 is 11.9 Å². The number of benzene rings is 1. The van der Waals surface area contributed by atoms with E-state index in [2.05, 4.69) is 11.0 Å². The number of carbonyl (C=O) groups is 2. The quantitative estimate of drug-likeness (QED) is 0.286. The van der Waals surface area contributed by atoms with Crippen LogP contribution in [0.3, 0.4) is 0 Å². The summed E-state index contributed by atoms with van der Waals surface area (Å²) < 4.78 is 28.8. The van der Waals surface area contributed by atoms with Gasteiger partial charge >= 0.3 is 11.9 Å². The number of allylic oxidation sites excluding steroid dienone is 1. The van der Waals surface area contributed by atoms with Gasteiger partial charge in [-0.3, -0.25) is 9.69 Å². The zero-order chi connectivity index (χ0) is 31.0. The normalized spacial score (nSPS) is 25.4. The number of rotatable bonds is 11. The molecule has 1 aromatic rings. The molecule has 236 valence electrons. The highest BCUT2D eigenvalue weighted by atomic mass is 16.7. The third-order valence-corrected chi connectivity index (χ3v) is 9.13. The first-order chi connectivity index (χ1) is 20.3. The Kier molecular flexibility index (Phi) is 8.84. The topological polar surface area (TPSA) is 124 Å².